The first kappa shape index (κ1) is 12.9. The second-order valence-electron chi connectivity index (χ2n) is 6.85. The predicted molar refractivity (Wildman–Crippen MR) is 67.9 cm³/mol. The van der Waals surface area contributed by atoms with E-state index in [1.165, 1.54) is 6.08 Å². The van der Waals surface area contributed by atoms with Crippen molar-refractivity contribution in [2.45, 2.75) is 46.3 Å². The van der Waals surface area contributed by atoms with Crippen LogP contribution in [0.25, 0.3) is 0 Å². The standard InChI is InChI=1S/C15H20O4/c1-8-5-11(16)14(4)9(2)10-6-12(17)19-15(10,18)7-13(8,14)3/h6,8-9,18H,5,7H2,1-4H3/t8-,9-,13+,14-,15-/m1/s1. The molecule has 4 nitrogen and oxygen atoms in total. The lowest BCUT2D eigenvalue weighted by atomic mass is 9.50. The molecule has 0 amide bonds. The average molecular weight is 264 g/mol. The van der Waals surface area contributed by atoms with Crippen molar-refractivity contribution >= 4 is 11.8 Å². The summed E-state index contributed by atoms with van der Waals surface area (Å²) in [5, 5.41) is 10.7. The van der Waals surface area contributed by atoms with Crippen LogP contribution in [-0.2, 0) is 14.3 Å². The van der Waals surface area contributed by atoms with E-state index in [1.54, 1.807) is 0 Å². The van der Waals surface area contributed by atoms with Crippen molar-refractivity contribution in [2.24, 2.45) is 22.7 Å². The number of ether oxygens (including phenoxy) is 1. The predicted octanol–water partition coefficient (Wildman–Crippen LogP) is 1.82. The number of carbonyl (C=O) groups is 2. The summed E-state index contributed by atoms with van der Waals surface area (Å²) in [4.78, 5) is 24.0. The molecule has 2 fully saturated rings. The molecule has 2 aliphatic carbocycles. The van der Waals surface area contributed by atoms with Crippen LogP contribution in [-0.4, -0.2) is 22.6 Å². The van der Waals surface area contributed by atoms with Crippen LogP contribution >= 0.6 is 0 Å². The quantitative estimate of drug-likeness (QED) is 0.678. The number of hydrogen-bond acceptors (Lipinski definition) is 4. The van der Waals surface area contributed by atoms with E-state index < -0.39 is 17.2 Å². The minimum absolute atomic E-state index is 0.178. The Bertz CT molecular complexity index is 522. The number of esters is 1. The normalized spacial score (nSPS) is 52.6. The Hall–Kier alpha value is -1.16. The van der Waals surface area contributed by atoms with Gasteiger partial charge < -0.3 is 9.84 Å². The van der Waals surface area contributed by atoms with Gasteiger partial charge in [-0.25, -0.2) is 4.79 Å². The van der Waals surface area contributed by atoms with E-state index in [0.29, 0.717) is 18.4 Å². The summed E-state index contributed by atoms with van der Waals surface area (Å²) >= 11 is 0. The van der Waals surface area contributed by atoms with Crippen LogP contribution in [0.1, 0.15) is 40.5 Å². The maximum absolute atomic E-state index is 12.5. The van der Waals surface area contributed by atoms with Crippen LogP contribution in [0, 0.1) is 22.7 Å². The minimum atomic E-state index is -1.51. The summed E-state index contributed by atoms with van der Waals surface area (Å²) < 4.78 is 5.14. The molecule has 0 bridgehead atoms. The monoisotopic (exact) mass is 264 g/mol. The third kappa shape index (κ3) is 1.23. The molecular formula is C15H20O4. The zero-order chi connectivity index (χ0) is 14.2. The molecule has 1 N–H and O–H groups in total. The van der Waals surface area contributed by atoms with Gasteiger partial charge in [-0.05, 0) is 17.3 Å². The molecule has 2 saturated carbocycles. The molecular weight excluding hydrogens is 244 g/mol. The van der Waals surface area contributed by atoms with Gasteiger partial charge in [0.15, 0.2) is 0 Å². The van der Waals surface area contributed by atoms with Gasteiger partial charge in [0.25, 0.3) is 0 Å². The Labute approximate surface area is 112 Å². The van der Waals surface area contributed by atoms with E-state index in [1.807, 2.05) is 27.7 Å². The number of rotatable bonds is 0. The van der Waals surface area contributed by atoms with Gasteiger partial charge >= 0.3 is 5.97 Å². The van der Waals surface area contributed by atoms with E-state index in [4.69, 9.17) is 4.74 Å². The highest BCUT2D eigenvalue weighted by Gasteiger charge is 2.69. The van der Waals surface area contributed by atoms with Crippen LogP contribution < -0.4 is 0 Å². The van der Waals surface area contributed by atoms with Crippen LogP contribution in [0.4, 0.5) is 0 Å². The molecule has 4 heteroatoms. The summed E-state index contributed by atoms with van der Waals surface area (Å²) in [5.74, 6) is -1.78. The number of hydrogen-bond donors (Lipinski definition) is 1. The van der Waals surface area contributed by atoms with Crippen LogP contribution in [0.15, 0.2) is 11.6 Å². The van der Waals surface area contributed by atoms with Gasteiger partial charge in [0.2, 0.25) is 5.79 Å². The molecule has 0 unspecified atom stereocenters. The van der Waals surface area contributed by atoms with Crippen molar-refractivity contribution in [1.29, 1.82) is 0 Å². The van der Waals surface area contributed by atoms with Gasteiger partial charge in [0.05, 0.1) is 0 Å². The van der Waals surface area contributed by atoms with Gasteiger partial charge in [-0.1, -0.05) is 27.7 Å². The van der Waals surface area contributed by atoms with Gasteiger partial charge in [-0.3, -0.25) is 4.79 Å². The van der Waals surface area contributed by atoms with Crippen LogP contribution in [0.2, 0.25) is 0 Å². The Morgan fingerprint density at radius 3 is 2.58 bits per heavy atom. The van der Waals surface area contributed by atoms with Crippen LogP contribution in [0.5, 0.6) is 0 Å². The Morgan fingerprint density at radius 2 is 1.95 bits per heavy atom. The van der Waals surface area contributed by atoms with Gasteiger partial charge in [0.1, 0.15) is 5.78 Å². The van der Waals surface area contributed by atoms with E-state index in [2.05, 4.69) is 0 Å². The van der Waals surface area contributed by atoms with E-state index in [9.17, 15) is 14.7 Å². The SMILES string of the molecule is C[C@@H]1CC(=O)[C@@]2(C)[C@H](C)C3=CC(=O)O[C@]3(O)C[C@@]12C. The molecule has 0 saturated heterocycles. The first-order valence-electron chi connectivity index (χ1n) is 6.86. The van der Waals surface area contributed by atoms with E-state index >= 15 is 0 Å². The van der Waals surface area contributed by atoms with Crippen molar-refractivity contribution < 1.29 is 19.4 Å². The number of Topliss-reactive ketones (excluding diaryl/α,β-unsaturated/α-hetero) is 1. The van der Waals surface area contributed by atoms with Gasteiger partial charge in [0, 0.05) is 29.9 Å². The van der Waals surface area contributed by atoms with Crippen molar-refractivity contribution in [3.05, 3.63) is 11.6 Å². The number of aliphatic hydroxyl groups is 1. The Morgan fingerprint density at radius 1 is 1.32 bits per heavy atom. The molecule has 5 atom stereocenters. The number of ketones is 1. The fraction of sp³-hybridized carbons (Fsp3) is 0.733. The van der Waals surface area contributed by atoms with Crippen molar-refractivity contribution in [2.75, 3.05) is 0 Å². The maximum Gasteiger partial charge on any atom is 0.333 e. The van der Waals surface area contributed by atoms with Crippen LogP contribution in [0.3, 0.4) is 0 Å². The highest BCUT2D eigenvalue weighted by Crippen LogP contribution is 2.67. The molecule has 19 heavy (non-hydrogen) atoms. The fourth-order valence-corrected chi connectivity index (χ4v) is 4.54. The first-order valence-corrected chi connectivity index (χ1v) is 6.86. The van der Waals surface area contributed by atoms with E-state index in [0.717, 1.165) is 0 Å². The van der Waals surface area contributed by atoms with Crippen molar-refractivity contribution in [3.63, 3.8) is 0 Å². The fourth-order valence-electron chi connectivity index (χ4n) is 4.54. The zero-order valence-corrected chi connectivity index (χ0v) is 11.8. The molecule has 0 radical (unpaired) electrons. The highest BCUT2D eigenvalue weighted by molar-refractivity contribution is 5.92. The average Bonchev–Trinajstić information content (AvgIpc) is 2.67. The second kappa shape index (κ2) is 3.29. The molecule has 1 aliphatic heterocycles. The van der Waals surface area contributed by atoms with Crippen molar-refractivity contribution in [3.8, 4) is 0 Å². The lowest BCUT2D eigenvalue weighted by Crippen LogP contribution is -2.57. The molecule has 0 spiro atoms. The summed E-state index contributed by atoms with van der Waals surface area (Å²) in [7, 11) is 0. The minimum Gasteiger partial charge on any atom is -0.426 e. The molecule has 3 aliphatic rings. The molecule has 0 aromatic rings. The molecule has 0 aromatic carbocycles. The summed E-state index contributed by atoms with van der Waals surface area (Å²) in [6.07, 6.45) is 2.21. The smallest absolute Gasteiger partial charge is 0.333 e. The first-order chi connectivity index (χ1) is 8.65. The van der Waals surface area contributed by atoms with Gasteiger partial charge in [-0.15, -0.1) is 0 Å². The number of fused-ring (bicyclic) bond motifs is 2. The summed E-state index contributed by atoms with van der Waals surface area (Å²) in [5.41, 5.74) is -0.307. The lowest BCUT2D eigenvalue weighted by molar-refractivity contribution is -0.217. The summed E-state index contributed by atoms with van der Waals surface area (Å²) in [6, 6.07) is 0. The third-order valence-corrected chi connectivity index (χ3v) is 6.28. The second-order valence-corrected chi connectivity index (χ2v) is 6.85. The molecule has 1 heterocycles. The summed E-state index contributed by atoms with van der Waals surface area (Å²) in [6.45, 7) is 7.99. The molecule has 0 aromatic heterocycles. The maximum atomic E-state index is 12.5. The van der Waals surface area contributed by atoms with Crippen molar-refractivity contribution in [1.82, 2.24) is 0 Å². The lowest BCUT2D eigenvalue weighted by Gasteiger charge is -2.54. The largest absolute Gasteiger partial charge is 0.426 e. The topological polar surface area (TPSA) is 63.6 Å². The van der Waals surface area contributed by atoms with Gasteiger partial charge in [-0.2, -0.15) is 0 Å². The Balaban J connectivity index is 2.19. The number of carbonyl (C=O) groups excluding carboxylic acids is 2. The van der Waals surface area contributed by atoms with E-state index in [-0.39, 0.29) is 23.0 Å². The highest BCUT2D eigenvalue weighted by atomic mass is 16.7. The molecule has 104 valence electrons. The third-order valence-electron chi connectivity index (χ3n) is 6.28. The Kier molecular flexibility index (Phi) is 2.23. The zero-order valence-electron chi connectivity index (χ0n) is 11.8. The molecule has 3 rings (SSSR count).